The van der Waals surface area contributed by atoms with Crippen LogP contribution in [-0.2, 0) is 14.2 Å². The molecule has 1 aromatic heterocycles. The number of esters is 2. The van der Waals surface area contributed by atoms with Crippen LogP contribution in [0.1, 0.15) is 41.7 Å². The Labute approximate surface area is 116 Å². The molecular formula is C13H17NO6. The summed E-state index contributed by atoms with van der Waals surface area (Å²) in [5.41, 5.74) is -0.994. The van der Waals surface area contributed by atoms with Crippen LogP contribution in [0.5, 0.6) is 0 Å². The fourth-order valence-corrected chi connectivity index (χ4v) is 1.47. The number of hydrogen-bond donors (Lipinski definition) is 0. The summed E-state index contributed by atoms with van der Waals surface area (Å²) < 4.78 is 15.1. The van der Waals surface area contributed by atoms with Crippen molar-refractivity contribution in [2.75, 3.05) is 14.2 Å². The summed E-state index contributed by atoms with van der Waals surface area (Å²) in [4.78, 5) is 35.4. The summed E-state index contributed by atoms with van der Waals surface area (Å²) in [5, 5.41) is 0. The van der Waals surface area contributed by atoms with Gasteiger partial charge in [0.2, 0.25) is 0 Å². The van der Waals surface area contributed by atoms with Gasteiger partial charge in [0.1, 0.15) is 17.0 Å². The van der Waals surface area contributed by atoms with Crippen LogP contribution in [0.3, 0.4) is 0 Å². The summed E-state index contributed by atoms with van der Waals surface area (Å²) in [6.07, 6.45) is -0.858. The molecule has 0 aliphatic carbocycles. The maximum Gasteiger partial charge on any atom is 0.419 e. The molecule has 0 N–H and O–H groups in total. The molecule has 0 unspecified atom stereocenters. The van der Waals surface area contributed by atoms with Gasteiger partial charge < -0.3 is 14.2 Å². The minimum absolute atomic E-state index is 0.109. The lowest BCUT2D eigenvalue weighted by molar-refractivity contribution is 0.0450. The van der Waals surface area contributed by atoms with Crippen molar-refractivity contribution in [3.8, 4) is 0 Å². The lowest BCUT2D eigenvalue weighted by atomic mass is 10.2. The van der Waals surface area contributed by atoms with E-state index in [9.17, 15) is 14.4 Å². The van der Waals surface area contributed by atoms with Gasteiger partial charge in [-0.2, -0.15) is 0 Å². The minimum atomic E-state index is -0.858. The Balaban J connectivity index is 3.31. The van der Waals surface area contributed by atoms with Crippen molar-refractivity contribution in [1.82, 2.24) is 4.57 Å². The molecule has 7 nitrogen and oxygen atoms in total. The molecule has 0 fully saturated rings. The Morgan fingerprint density at radius 2 is 1.35 bits per heavy atom. The maximum atomic E-state index is 12.1. The molecule has 0 spiro atoms. The quantitative estimate of drug-likeness (QED) is 0.608. The summed E-state index contributed by atoms with van der Waals surface area (Å²) in [5.74, 6) is -1.52. The fourth-order valence-electron chi connectivity index (χ4n) is 1.47. The molecule has 0 aliphatic heterocycles. The number of carbonyl (C=O) groups is 3. The first-order valence-electron chi connectivity index (χ1n) is 5.83. The van der Waals surface area contributed by atoms with Gasteiger partial charge in [-0.3, -0.25) is 0 Å². The van der Waals surface area contributed by atoms with Gasteiger partial charge in [0.05, 0.1) is 14.2 Å². The smallest absolute Gasteiger partial charge is 0.419 e. The zero-order valence-corrected chi connectivity index (χ0v) is 12.1. The fraction of sp³-hybridized carbons (Fsp3) is 0.462. The first-order valence-corrected chi connectivity index (χ1v) is 5.83. The first kappa shape index (κ1) is 15.7. The second kappa shape index (κ2) is 5.77. The van der Waals surface area contributed by atoms with E-state index in [1.54, 1.807) is 20.8 Å². The van der Waals surface area contributed by atoms with Gasteiger partial charge >= 0.3 is 18.0 Å². The molecule has 1 aromatic rings. The van der Waals surface area contributed by atoms with Crippen LogP contribution < -0.4 is 0 Å². The van der Waals surface area contributed by atoms with E-state index in [2.05, 4.69) is 9.47 Å². The maximum absolute atomic E-state index is 12.1. The second-order valence-electron chi connectivity index (χ2n) is 4.90. The topological polar surface area (TPSA) is 83.8 Å². The summed E-state index contributed by atoms with van der Waals surface area (Å²) in [6.45, 7) is 5.01. The predicted molar refractivity (Wildman–Crippen MR) is 68.7 cm³/mol. The largest absolute Gasteiger partial charge is 0.464 e. The van der Waals surface area contributed by atoms with Gasteiger partial charge in [-0.15, -0.1) is 0 Å². The zero-order chi connectivity index (χ0) is 15.5. The van der Waals surface area contributed by atoms with Crippen LogP contribution in [0.4, 0.5) is 4.79 Å². The number of hydrogen-bond acceptors (Lipinski definition) is 6. The summed E-state index contributed by atoms with van der Waals surface area (Å²) >= 11 is 0. The summed E-state index contributed by atoms with van der Waals surface area (Å²) in [6, 6.07) is 2.59. The van der Waals surface area contributed by atoms with Gasteiger partial charge in [0, 0.05) is 0 Å². The Kier molecular flexibility index (Phi) is 4.54. The Morgan fingerprint density at radius 3 is 1.65 bits per heavy atom. The SMILES string of the molecule is COC(=O)c1ccc(C(=O)OC)n1C(=O)OC(C)(C)C. The number of nitrogens with zero attached hydrogens (tertiary/aromatic N) is 1. The summed E-state index contributed by atoms with van der Waals surface area (Å²) in [7, 11) is 2.35. The molecule has 0 aromatic carbocycles. The molecule has 1 rings (SSSR count). The average molecular weight is 283 g/mol. The molecular weight excluding hydrogens is 266 g/mol. The van der Waals surface area contributed by atoms with E-state index in [1.165, 1.54) is 26.4 Å². The minimum Gasteiger partial charge on any atom is -0.464 e. The van der Waals surface area contributed by atoms with Crippen molar-refractivity contribution in [1.29, 1.82) is 0 Å². The normalized spacial score (nSPS) is 10.8. The van der Waals surface area contributed by atoms with Crippen molar-refractivity contribution < 1.29 is 28.6 Å². The molecule has 0 saturated heterocycles. The molecule has 1 heterocycles. The average Bonchev–Trinajstić information content (AvgIpc) is 2.79. The molecule has 0 amide bonds. The van der Waals surface area contributed by atoms with Gasteiger partial charge in [-0.25, -0.2) is 19.0 Å². The van der Waals surface area contributed by atoms with Crippen molar-refractivity contribution in [3.05, 3.63) is 23.5 Å². The molecule has 0 radical (unpaired) electrons. The predicted octanol–water partition coefficient (Wildman–Crippen LogP) is 1.84. The van der Waals surface area contributed by atoms with E-state index < -0.39 is 23.6 Å². The molecule has 7 heteroatoms. The first-order chi connectivity index (χ1) is 9.21. The highest BCUT2D eigenvalue weighted by atomic mass is 16.6. The van der Waals surface area contributed by atoms with Crippen LogP contribution in [0.2, 0.25) is 0 Å². The van der Waals surface area contributed by atoms with Crippen LogP contribution in [0.25, 0.3) is 0 Å². The van der Waals surface area contributed by atoms with E-state index in [-0.39, 0.29) is 11.4 Å². The van der Waals surface area contributed by atoms with Gasteiger partial charge in [0.15, 0.2) is 0 Å². The van der Waals surface area contributed by atoms with E-state index in [0.29, 0.717) is 0 Å². The highest BCUT2D eigenvalue weighted by Crippen LogP contribution is 2.16. The molecule has 110 valence electrons. The van der Waals surface area contributed by atoms with Crippen molar-refractivity contribution >= 4 is 18.0 Å². The number of ether oxygens (including phenoxy) is 3. The molecule has 0 atom stereocenters. The van der Waals surface area contributed by atoms with Crippen molar-refractivity contribution in [2.45, 2.75) is 26.4 Å². The Hall–Kier alpha value is -2.31. The third-order valence-electron chi connectivity index (χ3n) is 2.25. The standard InChI is InChI=1S/C13H17NO6/c1-13(2,3)20-12(17)14-8(10(15)18-4)6-7-9(14)11(16)19-5/h6-7H,1-5H3. The Morgan fingerprint density at radius 1 is 0.950 bits per heavy atom. The highest BCUT2D eigenvalue weighted by molar-refractivity contribution is 5.98. The van der Waals surface area contributed by atoms with E-state index in [0.717, 1.165) is 4.57 Å². The van der Waals surface area contributed by atoms with Gasteiger partial charge in [0.25, 0.3) is 0 Å². The van der Waals surface area contributed by atoms with E-state index >= 15 is 0 Å². The third kappa shape index (κ3) is 3.37. The van der Waals surface area contributed by atoms with E-state index in [1.807, 2.05) is 0 Å². The molecule has 0 saturated carbocycles. The monoisotopic (exact) mass is 283 g/mol. The van der Waals surface area contributed by atoms with E-state index in [4.69, 9.17) is 4.74 Å². The molecule has 0 bridgehead atoms. The van der Waals surface area contributed by atoms with Crippen LogP contribution in [0, 0.1) is 0 Å². The van der Waals surface area contributed by atoms with Gasteiger partial charge in [-0.05, 0) is 32.9 Å². The van der Waals surface area contributed by atoms with Crippen LogP contribution in [-0.4, -0.2) is 42.4 Å². The third-order valence-corrected chi connectivity index (χ3v) is 2.25. The van der Waals surface area contributed by atoms with Crippen molar-refractivity contribution in [2.24, 2.45) is 0 Å². The zero-order valence-electron chi connectivity index (χ0n) is 12.1. The number of rotatable bonds is 2. The lowest BCUT2D eigenvalue weighted by Crippen LogP contribution is -2.31. The van der Waals surface area contributed by atoms with Crippen LogP contribution in [0.15, 0.2) is 12.1 Å². The van der Waals surface area contributed by atoms with Crippen molar-refractivity contribution in [3.63, 3.8) is 0 Å². The second-order valence-corrected chi connectivity index (χ2v) is 4.90. The molecule has 20 heavy (non-hydrogen) atoms. The molecule has 0 aliphatic rings. The number of carbonyl (C=O) groups excluding carboxylic acids is 3. The Bertz CT molecular complexity index is 504. The van der Waals surface area contributed by atoms with Gasteiger partial charge in [-0.1, -0.05) is 0 Å². The lowest BCUT2D eigenvalue weighted by Gasteiger charge is -2.20. The highest BCUT2D eigenvalue weighted by Gasteiger charge is 2.28. The number of aromatic nitrogens is 1. The van der Waals surface area contributed by atoms with Crippen LogP contribution >= 0.6 is 0 Å². The number of methoxy groups -OCH3 is 2.